The maximum Gasteiger partial charge on any atom is 0.343 e. The van der Waals surface area contributed by atoms with Crippen LogP contribution in [0.5, 0.6) is 0 Å². The van der Waals surface area contributed by atoms with E-state index in [0.717, 1.165) is 19.5 Å². The Bertz CT molecular complexity index is 532. The number of aromatic carboxylic acids is 1. The molecule has 20 heavy (non-hydrogen) atoms. The second-order valence-corrected chi connectivity index (χ2v) is 5.00. The maximum atomic E-state index is 11.3. The molecule has 0 spiro atoms. The average molecular weight is 279 g/mol. The van der Waals surface area contributed by atoms with Crippen LogP contribution in [-0.2, 0) is 6.54 Å². The summed E-state index contributed by atoms with van der Waals surface area (Å²) in [6.45, 7) is 2.65. The summed E-state index contributed by atoms with van der Waals surface area (Å²) in [7, 11) is 0. The van der Waals surface area contributed by atoms with E-state index in [1.807, 2.05) is 0 Å². The number of nitro benzene ring substituents is 1. The summed E-state index contributed by atoms with van der Waals surface area (Å²) in [6.07, 6.45) is 0.980. The molecule has 0 aliphatic carbocycles. The highest BCUT2D eigenvalue weighted by Crippen LogP contribution is 2.25. The van der Waals surface area contributed by atoms with E-state index in [1.165, 1.54) is 12.1 Å². The first-order valence-electron chi connectivity index (χ1n) is 6.45. The molecule has 1 aromatic rings. The molecule has 0 aromatic heterocycles. The van der Waals surface area contributed by atoms with Gasteiger partial charge in [0.25, 0.3) is 5.69 Å². The Kier molecular flexibility index (Phi) is 4.31. The molecular weight excluding hydrogens is 262 g/mol. The Morgan fingerprint density at radius 2 is 2.30 bits per heavy atom. The molecular formula is C13H17N3O4. The van der Waals surface area contributed by atoms with Gasteiger partial charge < -0.3 is 10.8 Å². The first kappa shape index (κ1) is 14.4. The standard InChI is InChI=1S/C13H17N3O4/c14-6-9-4-5-15(7-9)8-10-2-1-3-11(16(19)20)12(10)13(17)18/h1-3,9H,4-8,14H2,(H,17,18). The van der Waals surface area contributed by atoms with Gasteiger partial charge in [0.05, 0.1) is 4.92 Å². The first-order chi connectivity index (χ1) is 9.52. The van der Waals surface area contributed by atoms with Gasteiger partial charge in [0, 0.05) is 19.2 Å². The number of hydrogen-bond acceptors (Lipinski definition) is 5. The normalized spacial score (nSPS) is 19.1. The smallest absolute Gasteiger partial charge is 0.343 e. The van der Waals surface area contributed by atoms with Crippen molar-refractivity contribution in [2.45, 2.75) is 13.0 Å². The third kappa shape index (κ3) is 2.94. The molecule has 0 radical (unpaired) electrons. The molecule has 1 aliphatic heterocycles. The van der Waals surface area contributed by atoms with E-state index < -0.39 is 10.9 Å². The van der Waals surface area contributed by atoms with Gasteiger partial charge in [-0.25, -0.2) is 4.79 Å². The van der Waals surface area contributed by atoms with Gasteiger partial charge in [-0.05, 0) is 31.0 Å². The van der Waals surface area contributed by atoms with E-state index in [4.69, 9.17) is 5.73 Å². The number of hydrogen-bond donors (Lipinski definition) is 2. The van der Waals surface area contributed by atoms with Crippen molar-refractivity contribution in [3.05, 3.63) is 39.4 Å². The topological polar surface area (TPSA) is 110 Å². The number of nitrogens with zero attached hydrogens (tertiary/aromatic N) is 2. The molecule has 1 saturated heterocycles. The van der Waals surface area contributed by atoms with Crippen LogP contribution in [0, 0.1) is 16.0 Å². The number of benzene rings is 1. The average Bonchev–Trinajstić information content (AvgIpc) is 2.85. The molecule has 108 valence electrons. The lowest BCUT2D eigenvalue weighted by atomic mass is 10.0. The number of rotatable bonds is 5. The van der Waals surface area contributed by atoms with Gasteiger partial charge in [0.1, 0.15) is 5.56 Å². The van der Waals surface area contributed by atoms with Crippen molar-refractivity contribution in [1.29, 1.82) is 0 Å². The summed E-state index contributed by atoms with van der Waals surface area (Å²) in [5.41, 5.74) is 5.53. The van der Waals surface area contributed by atoms with Crippen molar-refractivity contribution < 1.29 is 14.8 Å². The number of likely N-dealkylation sites (tertiary alicyclic amines) is 1. The minimum absolute atomic E-state index is 0.214. The van der Waals surface area contributed by atoms with E-state index in [-0.39, 0.29) is 11.3 Å². The molecule has 2 rings (SSSR count). The van der Waals surface area contributed by atoms with Crippen LogP contribution >= 0.6 is 0 Å². The fourth-order valence-electron chi connectivity index (χ4n) is 2.61. The van der Waals surface area contributed by atoms with Gasteiger partial charge in [0.15, 0.2) is 0 Å². The second-order valence-electron chi connectivity index (χ2n) is 5.00. The first-order valence-corrected chi connectivity index (χ1v) is 6.45. The Hall–Kier alpha value is -1.99. The van der Waals surface area contributed by atoms with Crippen LogP contribution in [0.15, 0.2) is 18.2 Å². The van der Waals surface area contributed by atoms with E-state index in [9.17, 15) is 20.0 Å². The van der Waals surface area contributed by atoms with Crippen LogP contribution < -0.4 is 5.73 Å². The quantitative estimate of drug-likeness (QED) is 0.616. The number of carbonyl (C=O) groups is 1. The fraction of sp³-hybridized carbons (Fsp3) is 0.462. The van der Waals surface area contributed by atoms with Crippen molar-refractivity contribution in [3.8, 4) is 0 Å². The van der Waals surface area contributed by atoms with Gasteiger partial charge in [0.2, 0.25) is 0 Å². The molecule has 0 amide bonds. The summed E-state index contributed by atoms with van der Waals surface area (Å²) >= 11 is 0. The van der Waals surface area contributed by atoms with Gasteiger partial charge in [-0.15, -0.1) is 0 Å². The molecule has 1 fully saturated rings. The molecule has 1 heterocycles. The van der Waals surface area contributed by atoms with Gasteiger partial charge >= 0.3 is 5.97 Å². The molecule has 1 unspecified atom stereocenters. The lowest BCUT2D eigenvalue weighted by Gasteiger charge is -2.17. The predicted octanol–water partition coefficient (Wildman–Crippen LogP) is 1.07. The van der Waals surface area contributed by atoms with Crippen molar-refractivity contribution in [2.75, 3.05) is 19.6 Å². The highest BCUT2D eigenvalue weighted by molar-refractivity contribution is 5.94. The lowest BCUT2D eigenvalue weighted by Crippen LogP contribution is -2.24. The van der Waals surface area contributed by atoms with E-state index >= 15 is 0 Å². The van der Waals surface area contributed by atoms with Crippen molar-refractivity contribution >= 4 is 11.7 Å². The zero-order valence-electron chi connectivity index (χ0n) is 11.0. The molecule has 3 N–H and O–H groups in total. The van der Waals surface area contributed by atoms with E-state index in [1.54, 1.807) is 6.07 Å². The lowest BCUT2D eigenvalue weighted by molar-refractivity contribution is -0.385. The van der Waals surface area contributed by atoms with Crippen LogP contribution in [0.1, 0.15) is 22.3 Å². The maximum absolute atomic E-state index is 11.3. The Labute approximate surface area is 116 Å². The molecule has 1 atom stereocenters. The molecule has 0 bridgehead atoms. The summed E-state index contributed by atoms with van der Waals surface area (Å²) in [5.74, 6) is -0.844. The SMILES string of the molecule is NCC1CCN(Cc2cccc([N+](=O)[O-])c2C(=O)O)C1. The zero-order chi connectivity index (χ0) is 14.7. The molecule has 1 aliphatic rings. The summed E-state index contributed by atoms with van der Waals surface area (Å²) in [4.78, 5) is 23.7. The molecule has 0 saturated carbocycles. The Morgan fingerprint density at radius 3 is 2.85 bits per heavy atom. The summed E-state index contributed by atoms with van der Waals surface area (Å²) in [6, 6.07) is 4.38. The monoisotopic (exact) mass is 279 g/mol. The van der Waals surface area contributed by atoms with Crippen molar-refractivity contribution in [3.63, 3.8) is 0 Å². The third-order valence-corrected chi connectivity index (χ3v) is 3.64. The van der Waals surface area contributed by atoms with E-state index in [0.29, 0.717) is 24.6 Å². The molecule has 7 heteroatoms. The van der Waals surface area contributed by atoms with Crippen molar-refractivity contribution in [1.82, 2.24) is 4.90 Å². The van der Waals surface area contributed by atoms with Crippen LogP contribution in [0.4, 0.5) is 5.69 Å². The number of nitro groups is 1. The highest BCUT2D eigenvalue weighted by atomic mass is 16.6. The van der Waals surface area contributed by atoms with Crippen molar-refractivity contribution in [2.24, 2.45) is 11.7 Å². The van der Waals surface area contributed by atoms with Crippen LogP contribution in [0.3, 0.4) is 0 Å². The fourth-order valence-corrected chi connectivity index (χ4v) is 2.61. The Balaban J connectivity index is 2.25. The summed E-state index contributed by atoms with van der Waals surface area (Å²) < 4.78 is 0. The van der Waals surface area contributed by atoms with Crippen LogP contribution in [0.2, 0.25) is 0 Å². The minimum atomic E-state index is -1.26. The van der Waals surface area contributed by atoms with Gasteiger partial charge in [-0.2, -0.15) is 0 Å². The largest absolute Gasteiger partial charge is 0.477 e. The zero-order valence-corrected chi connectivity index (χ0v) is 11.0. The number of carboxylic acid groups (broad SMARTS) is 1. The van der Waals surface area contributed by atoms with Crippen LogP contribution in [-0.4, -0.2) is 40.5 Å². The minimum Gasteiger partial charge on any atom is -0.477 e. The number of carboxylic acids is 1. The Morgan fingerprint density at radius 1 is 1.55 bits per heavy atom. The van der Waals surface area contributed by atoms with E-state index in [2.05, 4.69) is 4.90 Å². The number of nitrogens with two attached hydrogens (primary N) is 1. The van der Waals surface area contributed by atoms with Crippen LogP contribution in [0.25, 0.3) is 0 Å². The third-order valence-electron chi connectivity index (χ3n) is 3.64. The van der Waals surface area contributed by atoms with Gasteiger partial charge in [-0.1, -0.05) is 12.1 Å². The molecule has 7 nitrogen and oxygen atoms in total. The predicted molar refractivity (Wildman–Crippen MR) is 72.5 cm³/mol. The molecule has 1 aromatic carbocycles. The summed E-state index contributed by atoms with van der Waals surface area (Å²) in [5, 5.41) is 20.2. The highest BCUT2D eigenvalue weighted by Gasteiger charge is 2.27. The second kappa shape index (κ2) is 5.98. The van der Waals surface area contributed by atoms with Gasteiger partial charge in [-0.3, -0.25) is 15.0 Å².